The van der Waals surface area contributed by atoms with Gasteiger partial charge in [0.1, 0.15) is 5.75 Å². The average molecular weight is 412 g/mol. The van der Waals surface area contributed by atoms with Gasteiger partial charge in [-0.25, -0.2) is 0 Å². The maximum atomic E-state index is 12.8. The minimum absolute atomic E-state index is 0.0919. The molecule has 2 aliphatic heterocycles. The van der Waals surface area contributed by atoms with Gasteiger partial charge in [0.15, 0.2) is 0 Å². The van der Waals surface area contributed by atoms with E-state index in [4.69, 9.17) is 4.74 Å². The number of ether oxygens (including phenoxy) is 1. The van der Waals surface area contributed by atoms with Crippen molar-refractivity contribution in [3.8, 4) is 5.75 Å². The molecule has 2 heterocycles. The van der Waals surface area contributed by atoms with Crippen molar-refractivity contribution in [1.29, 1.82) is 0 Å². The molecule has 0 spiro atoms. The van der Waals surface area contributed by atoms with Gasteiger partial charge in [0, 0.05) is 51.3 Å². The summed E-state index contributed by atoms with van der Waals surface area (Å²) in [6, 6.07) is 7.99. The predicted octanol–water partition coefficient (Wildman–Crippen LogP) is 3.43. The van der Waals surface area contributed by atoms with Crippen molar-refractivity contribution in [3.63, 3.8) is 0 Å². The van der Waals surface area contributed by atoms with Gasteiger partial charge in [0.25, 0.3) is 0 Å². The molecule has 3 aliphatic rings. The minimum atomic E-state index is 0.0919. The smallest absolute Gasteiger partial charge is 0.227 e. The van der Waals surface area contributed by atoms with Crippen molar-refractivity contribution in [2.45, 2.75) is 44.9 Å². The summed E-state index contributed by atoms with van der Waals surface area (Å²) in [7, 11) is 1.68. The van der Waals surface area contributed by atoms with Gasteiger partial charge in [-0.1, -0.05) is 18.2 Å². The van der Waals surface area contributed by atoms with Crippen LogP contribution in [0.4, 0.5) is 5.69 Å². The Labute approximate surface area is 179 Å². The highest BCUT2D eigenvalue weighted by Gasteiger charge is 2.31. The first kappa shape index (κ1) is 20.8. The highest BCUT2D eigenvalue weighted by Crippen LogP contribution is 2.35. The number of carbonyl (C=O) groups excluding carboxylic acids is 2. The van der Waals surface area contributed by atoms with Crippen molar-refractivity contribution < 1.29 is 14.3 Å². The second-order valence-corrected chi connectivity index (χ2v) is 8.48. The molecule has 162 valence electrons. The normalized spacial score (nSPS) is 21.7. The molecule has 0 saturated carbocycles. The number of allylic oxidation sites excluding steroid dienone is 2. The fourth-order valence-electron chi connectivity index (χ4n) is 5.04. The third-order valence-electron chi connectivity index (χ3n) is 6.69. The van der Waals surface area contributed by atoms with Crippen molar-refractivity contribution in [2.75, 3.05) is 44.7 Å². The maximum absolute atomic E-state index is 12.8. The fourth-order valence-corrected chi connectivity index (χ4v) is 5.04. The van der Waals surface area contributed by atoms with Crippen LogP contribution in [0.25, 0.3) is 0 Å². The lowest BCUT2D eigenvalue weighted by Gasteiger charge is -2.38. The summed E-state index contributed by atoms with van der Waals surface area (Å²) in [6.07, 6.45) is 8.66. The summed E-state index contributed by atoms with van der Waals surface area (Å²) in [4.78, 5) is 31.7. The molecular formula is C24H33N3O3. The Morgan fingerprint density at radius 3 is 2.50 bits per heavy atom. The van der Waals surface area contributed by atoms with E-state index in [2.05, 4.69) is 17.0 Å². The van der Waals surface area contributed by atoms with Gasteiger partial charge in [-0.15, -0.1) is 0 Å². The standard InChI is InChI=1S/C24H33N3O3/c1-30-22-11-5-4-10-21(22)25-15-17-26(18-16-25)23(28)12-13-24(29)27-14-6-8-19-7-2-3-9-20(19)27/h4-5,9-11,19H,2-3,6-8,12-18H2,1H3. The highest BCUT2D eigenvalue weighted by atomic mass is 16.5. The third kappa shape index (κ3) is 4.47. The summed E-state index contributed by atoms with van der Waals surface area (Å²) in [5, 5.41) is 0. The average Bonchev–Trinajstić information content (AvgIpc) is 2.82. The first-order valence-corrected chi connectivity index (χ1v) is 11.3. The zero-order chi connectivity index (χ0) is 20.9. The van der Waals surface area contributed by atoms with E-state index in [0.29, 0.717) is 31.8 Å². The Bertz CT molecular complexity index is 799. The van der Waals surface area contributed by atoms with E-state index in [9.17, 15) is 9.59 Å². The number of rotatable bonds is 5. The van der Waals surface area contributed by atoms with E-state index in [1.807, 2.05) is 28.0 Å². The zero-order valence-corrected chi connectivity index (χ0v) is 18.0. The van der Waals surface area contributed by atoms with Crippen LogP contribution in [0.1, 0.15) is 44.9 Å². The summed E-state index contributed by atoms with van der Waals surface area (Å²) < 4.78 is 5.46. The van der Waals surface area contributed by atoms with E-state index in [1.165, 1.54) is 25.0 Å². The molecule has 2 amide bonds. The summed E-state index contributed by atoms with van der Waals surface area (Å²) in [5.41, 5.74) is 2.30. The molecule has 2 fully saturated rings. The molecule has 1 unspecified atom stereocenters. The topological polar surface area (TPSA) is 53.1 Å². The van der Waals surface area contributed by atoms with Gasteiger partial charge >= 0.3 is 0 Å². The Morgan fingerprint density at radius 2 is 1.70 bits per heavy atom. The van der Waals surface area contributed by atoms with Crippen LogP contribution in [0.5, 0.6) is 5.75 Å². The molecule has 6 nitrogen and oxygen atoms in total. The number of likely N-dealkylation sites (tertiary alicyclic amines) is 1. The number of amides is 2. The van der Waals surface area contributed by atoms with E-state index >= 15 is 0 Å². The first-order valence-electron chi connectivity index (χ1n) is 11.3. The molecule has 1 aromatic rings. The van der Waals surface area contributed by atoms with Gasteiger partial charge in [0.2, 0.25) is 11.8 Å². The van der Waals surface area contributed by atoms with Crippen LogP contribution in [-0.4, -0.2) is 61.4 Å². The Kier molecular flexibility index (Phi) is 6.60. The molecule has 1 aromatic carbocycles. The van der Waals surface area contributed by atoms with E-state index in [0.717, 1.165) is 43.9 Å². The molecular weight excluding hydrogens is 378 g/mol. The Hall–Kier alpha value is -2.50. The number of carbonyl (C=O) groups is 2. The first-order chi connectivity index (χ1) is 14.7. The van der Waals surface area contributed by atoms with Gasteiger partial charge in [-0.3, -0.25) is 9.59 Å². The number of anilines is 1. The lowest BCUT2D eigenvalue weighted by molar-refractivity contribution is -0.137. The summed E-state index contributed by atoms with van der Waals surface area (Å²) in [5.74, 6) is 1.62. The molecule has 0 radical (unpaired) electrons. The van der Waals surface area contributed by atoms with Crippen molar-refractivity contribution in [1.82, 2.24) is 9.80 Å². The van der Waals surface area contributed by atoms with Crippen molar-refractivity contribution in [3.05, 3.63) is 36.0 Å². The number of benzene rings is 1. The lowest BCUT2D eigenvalue weighted by Crippen LogP contribution is -2.49. The number of fused-ring (bicyclic) bond motifs is 1. The number of piperazine rings is 1. The zero-order valence-electron chi connectivity index (χ0n) is 18.0. The molecule has 30 heavy (non-hydrogen) atoms. The maximum Gasteiger partial charge on any atom is 0.227 e. The van der Waals surface area contributed by atoms with E-state index < -0.39 is 0 Å². The van der Waals surface area contributed by atoms with Crippen LogP contribution in [0.3, 0.4) is 0 Å². The Morgan fingerprint density at radius 1 is 0.967 bits per heavy atom. The number of piperidine rings is 1. The van der Waals surface area contributed by atoms with Crippen LogP contribution in [0.2, 0.25) is 0 Å². The molecule has 1 atom stereocenters. The summed E-state index contributed by atoms with van der Waals surface area (Å²) in [6.45, 7) is 3.73. The van der Waals surface area contributed by atoms with Gasteiger partial charge in [-0.2, -0.15) is 0 Å². The number of para-hydroxylation sites is 2. The minimum Gasteiger partial charge on any atom is -0.495 e. The molecule has 2 saturated heterocycles. The largest absolute Gasteiger partial charge is 0.495 e. The fraction of sp³-hybridized carbons (Fsp3) is 0.583. The Balaban J connectivity index is 1.27. The SMILES string of the molecule is COc1ccccc1N1CCN(C(=O)CCC(=O)N2CCCC3CCCC=C32)CC1. The summed E-state index contributed by atoms with van der Waals surface area (Å²) >= 11 is 0. The molecule has 0 N–H and O–H groups in total. The van der Waals surface area contributed by atoms with Crippen LogP contribution < -0.4 is 9.64 Å². The van der Waals surface area contributed by atoms with Gasteiger partial charge < -0.3 is 19.4 Å². The van der Waals surface area contributed by atoms with E-state index in [-0.39, 0.29) is 11.8 Å². The van der Waals surface area contributed by atoms with Crippen molar-refractivity contribution >= 4 is 17.5 Å². The van der Waals surface area contributed by atoms with Gasteiger partial charge in [0.05, 0.1) is 12.8 Å². The number of hydrogen-bond acceptors (Lipinski definition) is 4. The highest BCUT2D eigenvalue weighted by molar-refractivity contribution is 5.85. The van der Waals surface area contributed by atoms with Crippen LogP contribution >= 0.6 is 0 Å². The lowest BCUT2D eigenvalue weighted by atomic mass is 9.85. The van der Waals surface area contributed by atoms with Gasteiger partial charge in [-0.05, 0) is 50.2 Å². The van der Waals surface area contributed by atoms with Crippen LogP contribution in [0, 0.1) is 5.92 Å². The quantitative estimate of drug-likeness (QED) is 0.745. The number of nitrogens with zero attached hydrogens (tertiary/aromatic N) is 3. The predicted molar refractivity (Wildman–Crippen MR) is 117 cm³/mol. The van der Waals surface area contributed by atoms with Crippen molar-refractivity contribution in [2.24, 2.45) is 5.92 Å². The van der Waals surface area contributed by atoms with E-state index in [1.54, 1.807) is 7.11 Å². The number of hydrogen-bond donors (Lipinski definition) is 0. The molecule has 0 bridgehead atoms. The monoisotopic (exact) mass is 411 g/mol. The van der Waals surface area contributed by atoms with Crippen LogP contribution in [0.15, 0.2) is 36.0 Å². The molecule has 6 heteroatoms. The third-order valence-corrected chi connectivity index (χ3v) is 6.69. The molecule has 4 rings (SSSR count). The second-order valence-electron chi connectivity index (χ2n) is 8.48. The second kappa shape index (κ2) is 9.54. The number of methoxy groups -OCH3 is 1. The molecule has 1 aliphatic carbocycles. The molecule has 0 aromatic heterocycles. The van der Waals surface area contributed by atoms with Crippen LogP contribution in [-0.2, 0) is 9.59 Å².